The van der Waals surface area contributed by atoms with Crippen LogP contribution in [-0.4, -0.2) is 66.2 Å². The van der Waals surface area contributed by atoms with Crippen LogP contribution in [0.2, 0.25) is 0 Å². The Morgan fingerprint density at radius 1 is 1.46 bits per heavy atom. The molecular weight excluding hydrogens is 397 g/mol. The Hall–Kier alpha value is -1.76. The van der Waals surface area contributed by atoms with Gasteiger partial charge < -0.3 is 10.0 Å². The summed E-state index contributed by atoms with van der Waals surface area (Å²) in [7, 11) is 0. The predicted molar refractivity (Wildman–Crippen MR) is 96.5 cm³/mol. The first-order valence-corrected chi connectivity index (χ1v) is 9.98. The van der Waals surface area contributed by atoms with Crippen LogP contribution in [0.5, 0.6) is 0 Å². The van der Waals surface area contributed by atoms with Crippen molar-refractivity contribution in [3.63, 3.8) is 0 Å². The minimum absolute atomic E-state index is 0.0477. The number of anilines is 1. The zero-order chi connectivity index (χ0) is 20.3. The minimum Gasteiger partial charge on any atom is -0.382 e. The summed E-state index contributed by atoms with van der Waals surface area (Å²) in [5, 5.41) is 18.8. The van der Waals surface area contributed by atoms with Gasteiger partial charge in [-0.15, -0.1) is 0 Å². The third kappa shape index (κ3) is 3.27. The number of halogens is 3. The van der Waals surface area contributed by atoms with Crippen LogP contribution in [0, 0.1) is 12.3 Å². The molecule has 2 aliphatic rings. The highest BCUT2D eigenvalue weighted by atomic mass is 32.2. The second kappa shape index (κ2) is 6.65. The van der Waals surface area contributed by atoms with Crippen LogP contribution < -0.4 is 10.0 Å². The van der Waals surface area contributed by atoms with Crippen molar-refractivity contribution in [2.75, 3.05) is 24.5 Å². The number of aryl methyl sites for hydroxylation is 1. The largest absolute Gasteiger partial charge is 0.415 e. The molecule has 8 nitrogen and oxygen atoms in total. The monoisotopic (exact) mass is 418 g/mol. The fourth-order valence-electron chi connectivity index (χ4n) is 4.28. The van der Waals surface area contributed by atoms with Crippen LogP contribution in [0.15, 0.2) is 18.6 Å². The lowest BCUT2D eigenvalue weighted by Gasteiger charge is -2.60. The normalized spacial score (nSPS) is 21.8. The number of nitrogens with zero attached hydrogens (tertiary/aromatic N) is 5. The number of hydrogen-bond donors (Lipinski definition) is 2. The minimum atomic E-state index is -4.76. The number of aromatic nitrogens is 3. The summed E-state index contributed by atoms with van der Waals surface area (Å²) in [5.74, 6) is 0.832. The van der Waals surface area contributed by atoms with Gasteiger partial charge in [-0.2, -0.15) is 18.3 Å². The quantitative estimate of drug-likeness (QED) is 0.747. The summed E-state index contributed by atoms with van der Waals surface area (Å²) < 4.78 is 52.4. The van der Waals surface area contributed by atoms with Gasteiger partial charge in [0.05, 0.1) is 0 Å². The van der Waals surface area contributed by atoms with Crippen molar-refractivity contribution in [1.82, 2.24) is 18.9 Å². The Balaban J connectivity index is 1.40. The molecule has 1 aliphatic heterocycles. The third-order valence-corrected chi connectivity index (χ3v) is 6.60. The molecular formula is C16H21F3N6O2S. The molecule has 1 aliphatic carbocycles. The standard InChI is InChI=1S/C16H21F3N6O2S/c1-10-2-3-24-13(10)14(21-9-22-24)23-7-15(8-23)4-11(5-15)25(28(20)27)6-12(26)16(17,18)19/h2-3,9,11-12,26H,4-8,20H2,1H3. The molecule has 0 aromatic carbocycles. The molecule has 12 heteroatoms. The van der Waals surface area contributed by atoms with Gasteiger partial charge in [0.1, 0.15) is 11.8 Å². The van der Waals surface area contributed by atoms with Crippen LogP contribution in [0.25, 0.3) is 5.52 Å². The Kier molecular flexibility index (Phi) is 4.64. The van der Waals surface area contributed by atoms with Gasteiger partial charge in [-0.3, -0.25) is 0 Å². The number of nitrogens with two attached hydrogens (primary N) is 1. The van der Waals surface area contributed by atoms with Crippen LogP contribution in [-0.2, 0) is 11.2 Å². The molecule has 1 saturated carbocycles. The zero-order valence-corrected chi connectivity index (χ0v) is 15.9. The highest BCUT2D eigenvalue weighted by Gasteiger charge is 2.56. The maximum Gasteiger partial charge on any atom is 0.415 e. The number of rotatable bonds is 5. The van der Waals surface area contributed by atoms with E-state index in [9.17, 15) is 22.5 Å². The predicted octanol–water partition coefficient (Wildman–Crippen LogP) is 0.769. The van der Waals surface area contributed by atoms with Crippen molar-refractivity contribution in [1.29, 1.82) is 0 Å². The summed E-state index contributed by atoms with van der Waals surface area (Å²) in [6.07, 6.45) is -2.81. The van der Waals surface area contributed by atoms with E-state index in [1.807, 2.05) is 19.2 Å². The van der Waals surface area contributed by atoms with Crippen LogP contribution in [0.1, 0.15) is 18.4 Å². The molecule has 2 fully saturated rings. The Bertz CT molecular complexity index is 905. The molecule has 1 saturated heterocycles. The van der Waals surface area contributed by atoms with Gasteiger partial charge in [0, 0.05) is 37.3 Å². The van der Waals surface area contributed by atoms with Crippen molar-refractivity contribution in [3.05, 3.63) is 24.2 Å². The molecule has 2 aromatic heterocycles. The molecule has 2 aromatic rings. The van der Waals surface area contributed by atoms with Gasteiger partial charge in [0.25, 0.3) is 0 Å². The molecule has 28 heavy (non-hydrogen) atoms. The van der Waals surface area contributed by atoms with E-state index in [0.717, 1.165) is 21.2 Å². The average Bonchev–Trinajstić information content (AvgIpc) is 2.92. The average molecular weight is 418 g/mol. The van der Waals surface area contributed by atoms with Crippen molar-refractivity contribution >= 4 is 22.5 Å². The topological polar surface area (TPSA) is 100.0 Å². The lowest BCUT2D eigenvalue weighted by Crippen LogP contribution is -2.68. The zero-order valence-electron chi connectivity index (χ0n) is 15.1. The molecule has 154 valence electrons. The van der Waals surface area contributed by atoms with Crippen LogP contribution >= 0.6 is 0 Å². The van der Waals surface area contributed by atoms with Crippen LogP contribution in [0.3, 0.4) is 0 Å². The molecule has 2 unspecified atom stereocenters. The fourth-order valence-corrected chi connectivity index (χ4v) is 5.01. The Morgan fingerprint density at radius 2 is 2.14 bits per heavy atom. The van der Waals surface area contributed by atoms with Gasteiger partial charge in [0.15, 0.2) is 23.1 Å². The highest BCUT2D eigenvalue weighted by molar-refractivity contribution is 7.80. The van der Waals surface area contributed by atoms with E-state index in [-0.39, 0.29) is 11.5 Å². The van der Waals surface area contributed by atoms with Gasteiger partial charge >= 0.3 is 6.18 Å². The SMILES string of the molecule is Cc1ccn2ncnc(N3CC4(CC(N(CC(O)C(F)(F)F)S(N)=O)C4)C3)c12. The third-order valence-electron chi connectivity index (χ3n) is 5.69. The fraction of sp³-hybridized carbons (Fsp3) is 0.625. The van der Waals surface area contributed by atoms with E-state index in [4.69, 9.17) is 5.14 Å². The number of hydrogen-bond acceptors (Lipinski definition) is 5. The summed E-state index contributed by atoms with van der Waals surface area (Å²) in [5.41, 5.74) is 1.95. The summed E-state index contributed by atoms with van der Waals surface area (Å²) in [6.45, 7) is 2.63. The Labute approximate surface area is 161 Å². The lowest BCUT2D eigenvalue weighted by atomic mass is 9.60. The smallest absolute Gasteiger partial charge is 0.382 e. The molecule has 4 rings (SSSR count). The number of fused-ring (bicyclic) bond motifs is 1. The lowest BCUT2D eigenvalue weighted by molar-refractivity contribution is -0.207. The second-order valence-corrected chi connectivity index (χ2v) is 8.75. The second-order valence-electron chi connectivity index (χ2n) is 7.73. The van der Waals surface area contributed by atoms with Crippen molar-refractivity contribution in [3.8, 4) is 0 Å². The van der Waals surface area contributed by atoms with Crippen molar-refractivity contribution in [2.45, 2.75) is 38.1 Å². The maximum atomic E-state index is 12.6. The Morgan fingerprint density at radius 3 is 2.75 bits per heavy atom. The van der Waals surface area contributed by atoms with E-state index < -0.39 is 30.0 Å². The molecule has 3 N–H and O–H groups in total. The van der Waals surface area contributed by atoms with Crippen LogP contribution in [0.4, 0.5) is 19.0 Å². The molecule has 0 bridgehead atoms. The van der Waals surface area contributed by atoms with E-state index in [2.05, 4.69) is 15.0 Å². The van der Waals surface area contributed by atoms with Gasteiger partial charge in [-0.05, 0) is 31.4 Å². The molecule has 1 spiro atoms. The first kappa shape index (κ1) is 19.6. The van der Waals surface area contributed by atoms with E-state index >= 15 is 0 Å². The molecule has 0 amide bonds. The summed E-state index contributed by atoms with van der Waals surface area (Å²) in [4.78, 5) is 6.51. The van der Waals surface area contributed by atoms with E-state index in [0.29, 0.717) is 25.9 Å². The first-order valence-electron chi connectivity index (χ1n) is 8.81. The van der Waals surface area contributed by atoms with Crippen molar-refractivity contribution < 1.29 is 22.5 Å². The van der Waals surface area contributed by atoms with Gasteiger partial charge in [-0.25, -0.2) is 23.2 Å². The summed E-state index contributed by atoms with van der Waals surface area (Å²) in [6, 6.07) is 1.62. The van der Waals surface area contributed by atoms with Gasteiger partial charge in [-0.1, -0.05) is 0 Å². The maximum absolute atomic E-state index is 12.6. The first-order chi connectivity index (χ1) is 13.1. The number of aliphatic hydroxyl groups excluding tert-OH is 1. The van der Waals surface area contributed by atoms with Crippen molar-refractivity contribution in [2.24, 2.45) is 10.6 Å². The number of aliphatic hydroxyl groups is 1. The molecule has 2 atom stereocenters. The van der Waals surface area contributed by atoms with Gasteiger partial charge in [0.2, 0.25) is 0 Å². The van der Waals surface area contributed by atoms with E-state index in [1.54, 1.807) is 4.52 Å². The highest BCUT2D eigenvalue weighted by Crippen LogP contribution is 2.51. The molecule has 3 heterocycles. The number of alkyl halides is 3. The summed E-state index contributed by atoms with van der Waals surface area (Å²) >= 11 is -2.07. The molecule has 0 radical (unpaired) electrons. The van der Waals surface area contributed by atoms with E-state index in [1.165, 1.54) is 6.33 Å².